The lowest BCUT2D eigenvalue weighted by Gasteiger charge is -2.22. The van der Waals surface area contributed by atoms with Crippen molar-refractivity contribution >= 4 is 5.88 Å². The topological polar surface area (TPSA) is 97.1 Å². The molecule has 1 atom stereocenters. The quantitative estimate of drug-likeness (QED) is 0.903. The highest BCUT2D eigenvalue weighted by molar-refractivity contribution is 5.61. The smallest absolute Gasteiger partial charge is 0.223 e. The normalized spacial score (nSPS) is 16.7. The number of allylic oxidation sites excluding steroid dienone is 1. The van der Waals surface area contributed by atoms with Crippen LogP contribution >= 0.6 is 0 Å². The zero-order chi connectivity index (χ0) is 15.7. The molecule has 0 saturated heterocycles. The van der Waals surface area contributed by atoms with E-state index in [0.717, 1.165) is 11.3 Å². The zero-order valence-electron chi connectivity index (χ0n) is 12.4. The van der Waals surface area contributed by atoms with E-state index in [4.69, 9.17) is 14.9 Å². The third kappa shape index (κ3) is 2.27. The number of hydrogen-bond acceptors (Lipinski definition) is 6. The van der Waals surface area contributed by atoms with Gasteiger partial charge >= 0.3 is 0 Å². The van der Waals surface area contributed by atoms with Gasteiger partial charge in [-0.05, 0) is 24.6 Å². The highest BCUT2D eigenvalue weighted by Gasteiger charge is 2.33. The first kappa shape index (κ1) is 14.0. The molecule has 6 heteroatoms. The zero-order valence-corrected chi connectivity index (χ0v) is 12.4. The van der Waals surface area contributed by atoms with Crippen LogP contribution in [0.1, 0.15) is 30.0 Å². The SMILES string of the molecule is CCOc1ccc(C2C(C#N)=C(N)Nc3oc(C)nc32)cc1. The molecule has 3 rings (SSSR count). The van der Waals surface area contributed by atoms with Crippen molar-refractivity contribution in [2.75, 3.05) is 11.9 Å². The number of fused-ring (bicyclic) bond motifs is 1. The van der Waals surface area contributed by atoms with Gasteiger partial charge in [0.05, 0.1) is 24.2 Å². The van der Waals surface area contributed by atoms with Crippen molar-refractivity contribution in [3.8, 4) is 11.8 Å². The van der Waals surface area contributed by atoms with Gasteiger partial charge in [0.15, 0.2) is 5.89 Å². The number of ether oxygens (including phenoxy) is 1. The van der Waals surface area contributed by atoms with Crippen LogP contribution in [0.5, 0.6) is 5.75 Å². The van der Waals surface area contributed by atoms with Crippen LogP contribution in [-0.4, -0.2) is 11.6 Å². The summed E-state index contributed by atoms with van der Waals surface area (Å²) >= 11 is 0. The Bertz CT molecular complexity index is 768. The molecule has 1 aliphatic heterocycles. The Labute approximate surface area is 128 Å². The number of rotatable bonds is 3. The van der Waals surface area contributed by atoms with E-state index in [1.165, 1.54) is 0 Å². The van der Waals surface area contributed by atoms with Crippen LogP contribution in [0.15, 0.2) is 40.1 Å². The Balaban J connectivity index is 2.08. The van der Waals surface area contributed by atoms with Gasteiger partial charge in [0.25, 0.3) is 0 Å². The number of benzene rings is 1. The maximum Gasteiger partial charge on any atom is 0.223 e. The summed E-state index contributed by atoms with van der Waals surface area (Å²) in [5.74, 6) is 1.76. The van der Waals surface area contributed by atoms with E-state index in [1.807, 2.05) is 31.2 Å². The maximum atomic E-state index is 9.45. The molecule has 1 unspecified atom stereocenters. The van der Waals surface area contributed by atoms with E-state index in [9.17, 15) is 5.26 Å². The Morgan fingerprint density at radius 2 is 2.14 bits per heavy atom. The minimum absolute atomic E-state index is 0.296. The summed E-state index contributed by atoms with van der Waals surface area (Å²) in [4.78, 5) is 4.40. The lowest BCUT2D eigenvalue weighted by Crippen LogP contribution is -2.22. The van der Waals surface area contributed by atoms with Crippen molar-refractivity contribution in [3.05, 3.63) is 52.8 Å². The van der Waals surface area contributed by atoms with Gasteiger partial charge in [0, 0.05) is 6.92 Å². The molecule has 3 N–H and O–H groups in total. The summed E-state index contributed by atoms with van der Waals surface area (Å²) in [6.07, 6.45) is 0. The molecular weight excluding hydrogens is 280 g/mol. The van der Waals surface area contributed by atoms with Crippen molar-refractivity contribution in [3.63, 3.8) is 0 Å². The molecule has 1 aromatic carbocycles. The van der Waals surface area contributed by atoms with E-state index in [2.05, 4.69) is 16.4 Å². The fourth-order valence-electron chi connectivity index (χ4n) is 2.58. The van der Waals surface area contributed by atoms with Crippen molar-refractivity contribution < 1.29 is 9.15 Å². The molecule has 112 valence electrons. The first-order chi connectivity index (χ1) is 10.6. The average Bonchev–Trinajstić information content (AvgIpc) is 2.87. The van der Waals surface area contributed by atoms with Gasteiger partial charge in [-0.25, -0.2) is 4.98 Å². The van der Waals surface area contributed by atoms with Crippen LogP contribution in [0.25, 0.3) is 0 Å². The van der Waals surface area contributed by atoms with Gasteiger partial charge in [0.2, 0.25) is 5.88 Å². The molecule has 0 aliphatic carbocycles. The summed E-state index contributed by atoms with van der Waals surface area (Å²) in [7, 11) is 0. The van der Waals surface area contributed by atoms with Gasteiger partial charge in [-0.2, -0.15) is 5.26 Å². The number of oxazole rings is 1. The summed E-state index contributed by atoms with van der Waals surface area (Å²) in [6, 6.07) is 9.75. The first-order valence-corrected chi connectivity index (χ1v) is 7.01. The molecule has 1 aliphatic rings. The van der Waals surface area contributed by atoms with Gasteiger partial charge < -0.3 is 20.2 Å². The van der Waals surface area contributed by atoms with E-state index in [-0.39, 0.29) is 5.92 Å². The van der Waals surface area contributed by atoms with Crippen molar-refractivity contribution in [2.24, 2.45) is 5.73 Å². The van der Waals surface area contributed by atoms with E-state index in [1.54, 1.807) is 6.92 Å². The predicted octanol–water partition coefficient (Wildman–Crippen LogP) is 2.63. The minimum atomic E-state index is -0.339. The van der Waals surface area contributed by atoms with Crippen LogP contribution in [0, 0.1) is 18.3 Å². The number of nitriles is 1. The lowest BCUT2D eigenvalue weighted by molar-refractivity contribution is 0.340. The molecule has 0 saturated carbocycles. The number of aromatic nitrogens is 1. The van der Waals surface area contributed by atoms with Gasteiger partial charge in [-0.3, -0.25) is 0 Å². The number of anilines is 1. The Morgan fingerprint density at radius 3 is 2.77 bits per heavy atom. The van der Waals surface area contributed by atoms with E-state index >= 15 is 0 Å². The average molecular weight is 296 g/mol. The largest absolute Gasteiger partial charge is 0.494 e. The molecule has 6 nitrogen and oxygen atoms in total. The highest BCUT2D eigenvalue weighted by atomic mass is 16.5. The first-order valence-electron chi connectivity index (χ1n) is 7.01. The number of nitrogens with one attached hydrogen (secondary N) is 1. The number of nitrogens with zero attached hydrogens (tertiary/aromatic N) is 2. The number of nitrogens with two attached hydrogens (primary N) is 1. The molecule has 2 heterocycles. The van der Waals surface area contributed by atoms with Crippen molar-refractivity contribution in [1.82, 2.24) is 4.98 Å². The van der Waals surface area contributed by atoms with Crippen molar-refractivity contribution in [1.29, 1.82) is 5.26 Å². The summed E-state index contributed by atoms with van der Waals surface area (Å²) < 4.78 is 11.0. The molecule has 0 spiro atoms. The third-order valence-corrected chi connectivity index (χ3v) is 3.51. The third-order valence-electron chi connectivity index (χ3n) is 3.51. The van der Waals surface area contributed by atoms with Crippen LogP contribution in [0.4, 0.5) is 5.88 Å². The second kappa shape index (κ2) is 5.45. The molecule has 22 heavy (non-hydrogen) atoms. The second-order valence-electron chi connectivity index (χ2n) is 4.95. The summed E-state index contributed by atoms with van der Waals surface area (Å²) in [5.41, 5.74) is 7.98. The minimum Gasteiger partial charge on any atom is -0.494 e. The van der Waals surface area contributed by atoms with Crippen LogP contribution < -0.4 is 15.8 Å². The molecule has 1 aromatic heterocycles. The molecular formula is C16H16N4O2. The molecule has 0 fully saturated rings. The molecule has 2 aromatic rings. The Morgan fingerprint density at radius 1 is 1.41 bits per heavy atom. The van der Waals surface area contributed by atoms with Gasteiger partial charge in [-0.15, -0.1) is 0 Å². The lowest BCUT2D eigenvalue weighted by atomic mass is 9.87. The van der Waals surface area contributed by atoms with E-state index < -0.39 is 0 Å². The van der Waals surface area contributed by atoms with Crippen LogP contribution in [0.3, 0.4) is 0 Å². The second-order valence-corrected chi connectivity index (χ2v) is 4.95. The van der Waals surface area contributed by atoms with Crippen molar-refractivity contribution in [2.45, 2.75) is 19.8 Å². The van der Waals surface area contributed by atoms with Crippen LogP contribution in [-0.2, 0) is 0 Å². The summed E-state index contributed by atoms with van der Waals surface area (Å²) in [6.45, 7) is 4.30. The van der Waals surface area contributed by atoms with E-state index in [0.29, 0.717) is 35.5 Å². The predicted molar refractivity (Wildman–Crippen MR) is 81.1 cm³/mol. The Kier molecular flexibility index (Phi) is 3.47. The maximum absolute atomic E-state index is 9.45. The molecule has 0 bridgehead atoms. The fraction of sp³-hybridized carbons (Fsp3) is 0.250. The Hall–Kier alpha value is -2.94. The standard InChI is InChI=1S/C16H16N4O2/c1-3-21-11-6-4-10(5-7-11)13-12(8-17)15(18)20-16-14(13)19-9(2)22-16/h4-7,13,20H,3,18H2,1-2H3. The highest BCUT2D eigenvalue weighted by Crippen LogP contribution is 2.40. The monoisotopic (exact) mass is 296 g/mol. The number of aryl methyl sites for hydroxylation is 1. The summed E-state index contributed by atoms with van der Waals surface area (Å²) in [5, 5.41) is 12.3. The van der Waals surface area contributed by atoms with Gasteiger partial charge in [0.1, 0.15) is 17.3 Å². The molecule has 0 radical (unpaired) electrons. The number of hydrogen-bond donors (Lipinski definition) is 2. The molecule has 0 amide bonds. The van der Waals surface area contributed by atoms with Gasteiger partial charge in [-0.1, -0.05) is 12.1 Å². The fourth-order valence-corrected chi connectivity index (χ4v) is 2.58. The van der Waals surface area contributed by atoms with Crippen LogP contribution in [0.2, 0.25) is 0 Å².